The van der Waals surface area contributed by atoms with Crippen LogP contribution < -0.4 is 16.4 Å². The van der Waals surface area contributed by atoms with Gasteiger partial charge in [-0.05, 0) is 19.3 Å². The fraction of sp³-hybridized carbons (Fsp3) is 0.667. The van der Waals surface area contributed by atoms with Crippen molar-refractivity contribution in [1.82, 2.24) is 10.3 Å². The first-order valence-corrected chi connectivity index (χ1v) is 9.56. The molecular formula is C12H20N4O3S2. The van der Waals surface area contributed by atoms with E-state index in [9.17, 15) is 13.2 Å². The number of nitrogens with one attached hydrogen (secondary N) is 2. The largest absolute Gasteiger partial charge is 0.382 e. The highest BCUT2D eigenvalue weighted by molar-refractivity contribution is 7.91. The molecule has 1 aromatic rings. The number of nitrogens with two attached hydrogens (primary N) is 1. The molecule has 1 atom stereocenters. The van der Waals surface area contributed by atoms with Gasteiger partial charge in [0.15, 0.2) is 15.0 Å². The van der Waals surface area contributed by atoms with Crippen molar-refractivity contribution in [2.75, 3.05) is 29.1 Å². The zero-order chi connectivity index (χ0) is 15.5. The van der Waals surface area contributed by atoms with Crippen LogP contribution in [0.25, 0.3) is 0 Å². The number of thiazole rings is 1. The maximum atomic E-state index is 12.2. The van der Waals surface area contributed by atoms with E-state index in [2.05, 4.69) is 15.6 Å². The molecule has 1 fully saturated rings. The Kier molecular flexibility index (Phi) is 5.04. The zero-order valence-corrected chi connectivity index (χ0v) is 13.5. The highest BCUT2D eigenvalue weighted by Crippen LogP contribution is 2.25. The molecule has 2 rings (SSSR count). The van der Waals surface area contributed by atoms with Crippen molar-refractivity contribution in [2.24, 2.45) is 0 Å². The van der Waals surface area contributed by atoms with E-state index in [0.29, 0.717) is 22.9 Å². The molecule has 0 aliphatic carbocycles. The lowest BCUT2D eigenvalue weighted by Crippen LogP contribution is -2.43. The molecule has 1 unspecified atom stereocenters. The normalized spacial score (nSPS) is 20.9. The summed E-state index contributed by atoms with van der Waals surface area (Å²) in [6, 6.07) is -0.343. The Hall–Kier alpha value is -1.35. The average molecular weight is 332 g/mol. The molecule has 2 heterocycles. The predicted octanol–water partition coefficient (Wildman–Crippen LogP) is 0.854. The molecule has 1 aliphatic rings. The van der Waals surface area contributed by atoms with Crippen molar-refractivity contribution >= 4 is 38.0 Å². The molecule has 1 amide bonds. The highest BCUT2D eigenvalue weighted by Gasteiger charge is 2.27. The van der Waals surface area contributed by atoms with Gasteiger partial charge in [-0.25, -0.2) is 13.4 Å². The van der Waals surface area contributed by atoms with E-state index in [1.165, 1.54) is 11.3 Å². The van der Waals surface area contributed by atoms with Crippen LogP contribution in [0.3, 0.4) is 0 Å². The summed E-state index contributed by atoms with van der Waals surface area (Å²) in [7, 11) is -3.05. The Balaban J connectivity index is 2.01. The van der Waals surface area contributed by atoms with Gasteiger partial charge >= 0.3 is 0 Å². The van der Waals surface area contributed by atoms with E-state index in [1.54, 1.807) is 0 Å². The third-order valence-electron chi connectivity index (χ3n) is 3.18. The van der Waals surface area contributed by atoms with Crippen molar-refractivity contribution < 1.29 is 13.2 Å². The van der Waals surface area contributed by atoms with E-state index < -0.39 is 9.84 Å². The lowest BCUT2D eigenvalue weighted by Gasteiger charge is -2.22. The zero-order valence-electron chi connectivity index (χ0n) is 11.9. The second-order valence-corrected chi connectivity index (χ2v) is 8.31. The number of anilines is 2. The van der Waals surface area contributed by atoms with E-state index in [1.807, 2.05) is 6.92 Å². The Morgan fingerprint density at radius 2 is 2.29 bits per heavy atom. The van der Waals surface area contributed by atoms with E-state index >= 15 is 0 Å². The monoisotopic (exact) mass is 332 g/mol. The molecule has 4 N–H and O–H groups in total. The summed E-state index contributed by atoms with van der Waals surface area (Å²) in [4.78, 5) is 16.6. The van der Waals surface area contributed by atoms with Crippen molar-refractivity contribution in [2.45, 2.75) is 32.2 Å². The Bertz CT molecular complexity index is 612. The van der Waals surface area contributed by atoms with Gasteiger partial charge in [-0.3, -0.25) is 4.79 Å². The van der Waals surface area contributed by atoms with Crippen LogP contribution in [0, 0.1) is 0 Å². The van der Waals surface area contributed by atoms with Crippen LogP contribution in [0.1, 0.15) is 35.9 Å². The molecule has 0 aromatic carbocycles. The molecule has 0 bridgehead atoms. The summed E-state index contributed by atoms with van der Waals surface area (Å²) < 4.78 is 23.1. The number of carbonyl (C=O) groups is 1. The molecule has 7 nitrogen and oxygen atoms in total. The average Bonchev–Trinajstić information content (AvgIpc) is 2.76. The molecule has 1 saturated heterocycles. The van der Waals surface area contributed by atoms with Crippen molar-refractivity contribution in [1.29, 1.82) is 0 Å². The van der Waals surface area contributed by atoms with Gasteiger partial charge in [-0.2, -0.15) is 0 Å². The number of carbonyl (C=O) groups excluding carboxylic acids is 1. The van der Waals surface area contributed by atoms with E-state index in [4.69, 9.17) is 5.73 Å². The Morgan fingerprint density at radius 3 is 2.95 bits per heavy atom. The number of nitrogens with zero attached hydrogens (tertiary/aromatic N) is 1. The number of hydrogen-bond donors (Lipinski definition) is 3. The number of sulfone groups is 1. The summed E-state index contributed by atoms with van der Waals surface area (Å²) in [5.41, 5.74) is 5.75. The number of aromatic nitrogens is 1. The molecule has 21 heavy (non-hydrogen) atoms. The lowest BCUT2D eigenvalue weighted by molar-refractivity contribution is 0.0943. The number of nitrogen functional groups attached to an aromatic ring is 1. The summed E-state index contributed by atoms with van der Waals surface area (Å²) in [6.07, 6.45) is 2.19. The van der Waals surface area contributed by atoms with Gasteiger partial charge in [0.2, 0.25) is 0 Å². The third-order valence-corrected chi connectivity index (χ3v) is 6.03. The Labute approximate surface area is 128 Å². The fourth-order valence-corrected chi connectivity index (χ4v) is 4.64. The van der Waals surface area contributed by atoms with Gasteiger partial charge in [0, 0.05) is 12.6 Å². The molecular weight excluding hydrogens is 312 g/mol. The molecule has 0 saturated carbocycles. The van der Waals surface area contributed by atoms with Gasteiger partial charge in [0.1, 0.15) is 10.7 Å². The van der Waals surface area contributed by atoms with Crippen LogP contribution in [0.4, 0.5) is 10.9 Å². The lowest BCUT2D eigenvalue weighted by atomic mass is 10.2. The van der Waals surface area contributed by atoms with E-state index in [-0.39, 0.29) is 29.3 Å². The molecule has 0 radical (unpaired) electrons. The number of hydrogen-bond acceptors (Lipinski definition) is 7. The highest BCUT2D eigenvalue weighted by atomic mass is 32.2. The summed E-state index contributed by atoms with van der Waals surface area (Å²) in [6.45, 7) is 2.79. The third kappa shape index (κ3) is 4.31. The maximum Gasteiger partial charge on any atom is 0.265 e. The van der Waals surface area contributed by atoms with Crippen LogP contribution in [-0.2, 0) is 9.84 Å². The minimum atomic E-state index is -3.05. The first-order valence-electron chi connectivity index (χ1n) is 6.92. The standard InChI is InChI=1S/C12H20N4O3S2/c1-2-5-14-12-16-10(13)9(20-12)11(17)15-8-4-3-6-21(18,19)7-8/h8H,2-7,13H2,1H3,(H,14,16)(H,15,17). The van der Waals surface area contributed by atoms with Crippen LogP contribution in [0.5, 0.6) is 0 Å². The van der Waals surface area contributed by atoms with Gasteiger partial charge in [-0.15, -0.1) is 0 Å². The summed E-state index contributed by atoms with van der Waals surface area (Å²) >= 11 is 1.19. The van der Waals surface area contributed by atoms with Gasteiger partial charge < -0.3 is 16.4 Å². The molecule has 1 aliphatic heterocycles. The van der Waals surface area contributed by atoms with Gasteiger partial charge in [0.25, 0.3) is 5.91 Å². The smallest absolute Gasteiger partial charge is 0.265 e. The van der Waals surface area contributed by atoms with Crippen LogP contribution in [-0.4, -0.2) is 43.4 Å². The minimum absolute atomic E-state index is 0.00160. The summed E-state index contributed by atoms with van der Waals surface area (Å²) in [5, 5.41) is 6.43. The predicted molar refractivity (Wildman–Crippen MR) is 84.4 cm³/mol. The SMILES string of the molecule is CCCNc1nc(N)c(C(=O)NC2CCCS(=O)(=O)C2)s1. The molecule has 1 aromatic heterocycles. The van der Waals surface area contributed by atoms with Crippen LogP contribution in [0.15, 0.2) is 0 Å². The quantitative estimate of drug-likeness (QED) is 0.736. The number of rotatable bonds is 5. The van der Waals surface area contributed by atoms with Crippen molar-refractivity contribution in [3.05, 3.63) is 4.88 Å². The van der Waals surface area contributed by atoms with E-state index in [0.717, 1.165) is 13.0 Å². The van der Waals surface area contributed by atoms with Gasteiger partial charge in [0.05, 0.1) is 11.5 Å². The summed E-state index contributed by atoms with van der Waals surface area (Å²) in [5.74, 6) is 0.0253. The fourth-order valence-electron chi connectivity index (χ4n) is 2.19. The van der Waals surface area contributed by atoms with Crippen LogP contribution >= 0.6 is 11.3 Å². The van der Waals surface area contributed by atoms with Crippen molar-refractivity contribution in [3.63, 3.8) is 0 Å². The number of amides is 1. The first-order chi connectivity index (χ1) is 9.91. The Morgan fingerprint density at radius 1 is 1.52 bits per heavy atom. The van der Waals surface area contributed by atoms with Gasteiger partial charge in [-0.1, -0.05) is 18.3 Å². The topological polar surface area (TPSA) is 114 Å². The minimum Gasteiger partial charge on any atom is -0.382 e. The van der Waals surface area contributed by atoms with Crippen molar-refractivity contribution in [3.8, 4) is 0 Å². The van der Waals surface area contributed by atoms with Crippen LogP contribution in [0.2, 0.25) is 0 Å². The second-order valence-electron chi connectivity index (χ2n) is 5.09. The molecule has 118 valence electrons. The first kappa shape index (κ1) is 16.0. The maximum absolute atomic E-state index is 12.2. The second kappa shape index (κ2) is 6.61. The molecule has 0 spiro atoms. The molecule has 9 heteroatoms.